The molecule has 110 valence electrons. The van der Waals surface area contributed by atoms with E-state index in [1.54, 1.807) is 0 Å². The lowest BCUT2D eigenvalue weighted by atomic mass is 10.2. The molecule has 0 saturated carbocycles. The van der Waals surface area contributed by atoms with E-state index in [-0.39, 0.29) is 11.4 Å². The molecule has 0 amide bonds. The van der Waals surface area contributed by atoms with Gasteiger partial charge < -0.3 is 10.1 Å². The van der Waals surface area contributed by atoms with Crippen LogP contribution in [0.15, 0.2) is 42.5 Å². The number of ether oxygens (including phenoxy) is 1. The Balaban J connectivity index is 2.29. The Morgan fingerprint density at radius 1 is 1.24 bits per heavy atom. The predicted octanol–water partition coefficient (Wildman–Crippen LogP) is 4.15. The summed E-state index contributed by atoms with van der Waals surface area (Å²) < 4.78 is 5.75. The number of para-hydroxylation sites is 1. The summed E-state index contributed by atoms with van der Waals surface area (Å²) in [5.74, 6) is 0.899. The first-order valence-corrected chi connectivity index (χ1v) is 6.90. The molecule has 1 N–H and O–H groups in total. The van der Waals surface area contributed by atoms with Gasteiger partial charge in [0.05, 0.1) is 16.0 Å². The maximum absolute atomic E-state index is 10.8. The van der Waals surface area contributed by atoms with Crippen molar-refractivity contribution < 1.29 is 9.66 Å². The highest BCUT2D eigenvalue weighted by molar-refractivity contribution is 6.32. The number of rotatable bonds is 6. The van der Waals surface area contributed by atoms with E-state index in [1.807, 2.05) is 31.2 Å². The van der Waals surface area contributed by atoms with Crippen molar-refractivity contribution in [3.05, 3.63) is 63.2 Å². The molecule has 5 nitrogen and oxygen atoms in total. The lowest BCUT2D eigenvalue weighted by Gasteiger charge is -2.12. The first-order valence-electron chi connectivity index (χ1n) is 6.52. The van der Waals surface area contributed by atoms with Crippen molar-refractivity contribution in [1.82, 2.24) is 5.32 Å². The van der Waals surface area contributed by atoms with Gasteiger partial charge in [0.15, 0.2) is 5.75 Å². The molecule has 0 aliphatic heterocycles. The van der Waals surface area contributed by atoms with E-state index >= 15 is 0 Å². The van der Waals surface area contributed by atoms with Crippen molar-refractivity contribution in [3.8, 4) is 11.5 Å². The van der Waals surface area contributed by atoms with Crippen LogP contribution >= 0.6 is 11.6 Å². The minimum absolute atomic E-state index is 0.0569. The molecule has 0 spiro atoms. The maximum Gasteiger partial charge on any atom is 0.273 e. The molecule has 0 aliphatic carbocycles. The van der Waals surface area contributed by atoms with E-state index < -0.39 is 4.92 Å². The lowest BCUT2D eigenvalue weighted by Crippen LogP contribution is -2.12. The van der Waals surface area contributed by atoms with Gasteiger partial charge in [-0.1, -0.05) is 36.7 Å². The highest BCUT2D eigenvalue weighted by atomic mass is 35.5. The predicted molar refractivity (Wildman–Crippen MR) is 82.0 cm³/mol. The average Bonchev–Trinajstić information content (AvgIpc) is 2.48. The zero-order valence-electron chi connectivity index (χ0n) is 11.5. The van der Waals surface area contributed by atoms with Gasteiger partial charge in [-0.15, -0.1) is 0 Å². The second-order valence-electron chi connectivity index (χ2n) is 4.36. The highest BCUT2D eigenvalue weighted by Crippen LogP contribution is 2.34. The highest BCUT2D eigenvalue weighted by Gasteiger charge is 2.13. The van der Waals surface area contributed by atoms with Gasteiger partial charge in [0.2, 0.25) is 0 Å². The summed E-state index contributed by atoms with van der Waals surface area (Å²) in [6.07, 6.45) is 0. The van der Waals surface area contributed by atoms with Gasteiger partial charge in [0, 0.05) is 18.2 Å². The van der Waals surface area contributed by atoms with Gasteiger partial charge >= 0.3 is 0 Å². The maximum atomic E-state index is 10.8. The third kappa shape index (κ3) is 3.93. The Morgan fingerprint density at radius 2 is 2.00 bits per heavy atom. The van der Waals surface area contributed by atoms with Crippen molar-refractivity contribution >= 4 is 17.3 Å². The standard InChI is InChI=1S/C15H15ClN2O3/c1-2-17-10-11-5-3-4-6-14(11)21-15-9-12(18(19)20)7-8-13(15)16/h3-9,17H,2,10H2,1H3. The van der Waals surface area contributed by atoms with Crippen LogP contribution in [-0.2, 0) is 6.54 Å². The van der Waals surface area contributed by atoms with Crippen molar-refractivity contribution in [1.29, 1.82) is 0 Å². The fourth-order valence-electron chi connectivity index (χ4n) is 1.81. The molecule has 6 heteroatoms. The summed E-state index contributed by atoms with van der Waals surface area (Å²) in [5, 5.41) is 14.4. The quantitative estimate of drug-likeness (QED) is 0.643. The fourth-order valence-corrected chi connectivity index (χ4v) is 1.97. The van der Waals surface area contributed by atoms with Gasteiger partial charge in [0.25, 0.3) is 5.69 Å². The topological polar surface area (TPSA) is 64.4 Å². The van der Waals surface area contributed by atoms with Crippen molar-refractivity contribution in [2.75, 3.05) is 6.54 Å². The molecule has 0 heterocycles. The number of nitrogens with zero attached hydrogens (tertiary/aromatic N) is 1. The molecule has 0 radical (unpaired) electrons. The van der Waals surface area contributed by atoms with Crippen LogP contribution in [0.2, 0.25) is 5.02 Å². The molecular formula is C15H15ClN2O3. The van der Waals surface area contributed by atoms with Crippen LogP contribution in [0.3, 0.4) is 0 Å². The van der Waals surface area contributed by atoms with E-state index in [4.69, 9.17) is 16.3 Å². The molecule has 0 bridgehead atoms. The summed E-state index contributed by atoms with van der Waals surface area (Å²) in [4.78, 5) is 10.3. The molecule has 0 fully saturated rings. The number of hydrogen-bond acceptors (Lipinski definition) is 4. The van der Waals surface area contributed by atoms with Gasteiger partial charge in [-0.2, -0.15) is 0 Å². The van der Waals surface area contributed by atoms with Gasteiger partial charge in [0.1, 0.15) is 5.75 Å². The van der Waals surface area contributed by atoms with Crippen molar-refractivity contribution in [2.24, 2.45) is 0 Å². The third-order valence-electron chi connectivity index (χ3n) is 2.88. The van der Waals surface area contributed by atoms with Crippen LogP contribution in [-0.4, -0.2) is 11.5 Å². The first-order chi connectivity index (χ1) is 10.1. The van der Waals surface area contributed by atoms with Crippen LogP contribution in [0.5, 0.6) is 11.5 Å². The van der Waals surface area contributed by atoms with E-state index in [9.17, 15) is 10.1 Å². The number of hydrogen-bond donors (Lipinski definition) is 1. The van der Waals surface area contributed by atoms with Gasteiger partial charge in [-0.05, 0) is 18.7 Å². The molecule has 21 heavy (non-hydrogen) atoms. The summed E-state index contributed by atoms with van der Waals surface area (Å²) in [7, 11) is 0. The zero-order chi connectivity index (χ0) is 15.2. The summed E-state index contributed by atoms with van der Waals surface area (Å²) in [6, 6.07) is 11.6. The smallest absolute Gasteiger partial charge is 0.273 e. The Morgan fingerprint density at radius 3 is 2.71 bits per heavy atom. The second kappa shape index (κ2) is 7.06. The molecular weight excluding hydrogens is 292 g/mol. The Kier molecular flexibility index (Phi) is 5.14. The van der Waals surface area contributed by atoms with Crippen LogP contribution in [0, 0.1) is 10.1 Å². The SMILES string of the molecule is CCNCc1ccccc1Oc1cc([N+](=O)[O-])ccc1Cl. The summed E-state index contributed by atoms with van der Waals surface area (Å²) in [6.45, 7) is 3.51. The molecule has 2 aromatic carbocycles. The largest absolute Gasteiger partial charge is 0.455 e. The van der Waals surface area contributed by atoms with Crippen LogP contribution in [0.1, 0.15) is 12.5 Å². The first kappa shape index (κ1) is 15.3. The summed E-state index contributed by atoms with van der Waals surface area (Å²) >= 11 is 6.04. The molecule has 2 aromatic rings. The monoisotopic (exact) mass is 306 g/mol. The lowest BCUT2D eigenvalue weighted by molar-refractivity contribution is -0.384. The number of nitro groups is 1. The molecule has 0 atom stereocenters. The molecule has 0 unspecified atom stereocenters. The minimum Gasteiger partial charge on any atom is -0.455 e. The van der Waals surface area contributed by atoms with Crippen LogP contribution < -0.4 is 10.1 Å². The van der Waals surface area contributed by atoms with E-state index in [0.29, 0.717) is 17.3 Å². The van der Waals surface area contributed by atoms with Crippen LogP contribution in [0.4, 0.5) is 5.69 Å². The number of halogens is 1. The van der Waals surface area contributed by atoms with Crippen LogP contribution in [0.25, 0.3) is 0 Å². The molecule has 0 aliphatic rings. The van der Waals surface area contributed by atoms with Gasteiger partial charge in [-0.3, -0.25) is 10.1 Å². The number of benzene rings is 2. The Bertz CT molecular complexity index is 647. The average molecular weight is 307 g/mol. The van der Waals surface area contributed by atoms with Gasteiger partial charge in [-0.25, -0.2) is 0 Å². The number of non-ortho nitro benzene ring substituents is 1. The zero-order valence-corrected chi connectivity index (χ0v) is 12.3. The van der Waals surface area contributed by atoms with Crippen molar-refractivity contribution in [3.63, 3.8) is 0 Å². The fraction of sp³-hybridized carbons (Fsp3) is 0.200. The molecule has 2 rings (SSSR count). The Hall–Kier alpha value is -2.11. The summed E-state index contributed by atoms with van der Waals surface area (Å²) in [5.41, 5.74) is 0.903. The van der Waals surface area contributed by atoms with Crippen molar-refractivity contribution in [2.45, 2.75) is 13.5 Å². The second-order valence-corrected chi connectivity index (χ2v) is 4.77. The molecule has 0 saturated heterocycles. The van der Waals surface area contributed by atoms with E-state index in [1.165, 1.54) is 18.2 Å². The number of nitrogens with one attached hydrogen (secondary N) is 1. The third-order valence-corrected chi connectivity index (χ3v) is 3.20. The van der Waals surface area contributed by atoms with E-state index in [2.05, 4.69) is 5.32 Å². The number of nitro benzene ring substituents is 1. The molecule has 0 aromatic heterocycles. The van der Waals surface area contributed by atoms with E-state index in [0.717, 1.165) is 12.1 Å². The minimum atomic E-state index is -0.478. The normalized spacial score (nSPS) is 10.4. The Labute approximate surface area is 127 Å².